The van der Waals surface area contributed by atoms with E-state index in [0.29, 0.717) is 6.42 Å². The highest BCUT2D eigenvalue weighted by Crippen LogP contribution is 2.28. The van der Waals surface area contributed by atoms with Crippen molar-refractivity contribution in [1.82, 2.24) is 9.62 Å². The topological polar surface area (TPSA) is 119 Å². The number of nitro groups is 1. The first-order valence-corrected chi connectivity index (χ1v) is 8.47. The number of fused-ring (bicyclic) bond motifs is 4. The van der Waals surface area contributed by atoms with E-state index in [1.54, 1.807) is 6.92 Å². The second kappa shape index (κ2) is 5.55. The lowest BCUT2D eigenvalue weighted by atomic mass is 10.1. The van der Waals surface area contributed by atoms with Gasteiger partial charge in [-0.05, 0) is 19.1 Å². The summed E-state index contributed by atoms with van der Waals surface area (Å²) in [5, 5.41) is 13.3. The van der Waals surface area contributed by atoms with Crippen molar-refractivity contribution in [1.29, 1.82) is 0 Å². The number of benzene rings is 1. The van der Waals surface area contributed by atoms with Gasteiger partial charge in [0.15, 0.2) is 0 Å². The number of nitro benzene ring substituents is 1. The van der Waals surface area contributed by atoms with Crippen molar-refractivity contribution in [3.8, 4) is 0 Å². The van der Waals surface area contributed by atoms with Crippen molar-refractivity contribution < 1.29 is 22.9 Å². The van der Waals surface area contributed by atoms with Gasteiger partial charge in [-0.3, -0.25) is 14.9 Å². The fourth-order valence-corrected chi connectivity index (χ4v) is 4.52. The third-order valence-electron chi connectivity index (χ3n) is 3.97. The lowest BCUT2D eigenvalue weighted by molar-refractivity contribution is -0.384. The Kier molecular flexibility index (Phi) is 3.82. The standard InChI is InChI=1S/C13H15N3O6S/c1-8-12-13(17)14-11(22-8)6-7-15(12)23(20,21)10-4-2-9(3-5-10)16(18)19/h2-5,8,11-12H,6-7H2,1H3,(H,14,17)/t8-,11+,12+/m1/s1. The highest BCUT2D eigenvalue weighted by atomic mass is 32.2. The van der Waals surface area contributed by atoms with Gasteiger partial charge in [0.2, 0.25) is 15.9 Å². The fourth-order valence-electron chi connectivity index (χ4n) is 2.86. The molecule has 0 saturated carbocycles. The number of non-ortho nitro benzene ring substituents is 1. The van der Waals surface area contributed by atoms with Gasteiger partial charge in [0.25, 0.3) is 5.69 Å². The minimum absolute atomic E-state index is 0.0894. The quantitative estimate of drug-likeness (QED) is 0.620. The van der Waals surface area contributed by atoms with Crippen molar-refractivity contribution in [3.05, 3.63) is 34.4 Å². The summed E-state index contributed by atoms with van der Waals surface area (Å²) < 4.78 is 32.3. The molecule has 10 heteroatoms. The van der Waals surface area contributed by atoms with Crippen LogP contribution in [0.4, 0.5) is 5.69 Å². The first-order chi connectivity index (χ1) is 10.8. The van der Waals surface area contributed by atoms with E-state index < -0.39 is 39.2 Å². The number of rotatable bonds is 3. The SMILES string of the molecule is C[C@H]1O[C@H]2CCN(S(=O)(=O)c3ccc([N+](=O)[O-])cc3)[C@@H]1C(=O)N2. The summed E-state index contributed by atoms with van der Waals surface area (Å²) >= 11 is 0. The van der Waals surface area contributed by atoms with E-state index in [1.165, 1.54) is 12.1 Å². The molecule has 1 aromatic rings. The van der Waals surface area contributed by atoms with E-state index in [2.05, 4.69) is 5.32 Å². The van der Waals surface area contributed by atoms with Crippen LogP contribution in [0.2, 0.25) is 0 Å². The molecule has 3 aliphatic heterocycles. The smallest absolute Gasteiger partial charge is 0.269 e. The van der Waals surface area contributed by atoms with Gasteiger partial charge in [0.05, 0.1) is 15.9 Å². The number of amides is 1. The zero-order valence-corrected chi connectivity index (χ0v) is 13.0. The zero-order chi connectivity index (χ0) is 16.8. The molecule has 3 heterocycles. The van der Waals surface area contributed by atoms with E-state index in [9.17, 15) is 23.3 Å². The van der Waals surface area contributed by atoms with Crippen LogP contribution >= 0.6 is 0 Å². The van der Waals surface area contributed by atoms with Crippen LogP contribution in [0.5, 0.6) is 0 Å². The summed E-state index contributed by atoms with van der Waals surface area (Å²) in [6, 6.07) is 3.65. The molecule has 124 valence electrons. The molecule has 4 rings (SSSR count). The van der Waals surface area contributed by atoms with Crippen molar-refractivity contribution >= 4 is 21.6 Å². The average Bonchev–Trinajstić information content (AvgIpc) is 2.76. The van der Waals surface area contributed by atoms with E-state index in [4.69, 9.17) is 4.74 Å². The second-order valence-electron chi connectivity index (χ2n) is 5.44. The van der Waals surface area contributed by atoms with Crippen molar-refractivity contribution in [2.24, 2.45) is 0 Å². The number of nitrogens with zero attached hydrogens (tertiary/aromatic N) is 2. The Bertz CT molecular complexity index is 747. The largest absolute Gasteiger partial charge is 0.353 e. The number of ether oxygens (including phenoxy) is 1. The summed E-state index contributed by atoms with van der Waals surface area (Å²) in [6.45, 7) is 1.79. The van der Waals surface area contributed by atoms with Crippen LogP contribution in [-0.4, -0.2) is 48.5 Å². The minimum atomic E-state index is -3.96. The Morgan fingerprint density at radius 1 is 1.35 bits per heavy atom. The summed E-state index contributed by atoms with van der Waals surface area (Å²) in [4.78, 5) is 22.1. The van der Waals surface area contributed by atoms with Crippen molar-refractivity contribution in [2.75, 3.05) is 6.54 Å². The van der Waals surface area contributed by atoms with Crippen LogP contribution in [-0.2, 0) is 19.6 Å². The predicted octanol–water partition coefficient (Wildman–Crippen LogP) is 0.219. The average molecular weight is 341 g/mol. The summed E-state index contributed by atoms with van der Waals surface area (Å²) in [5.41, 5.74) is -0.199. The normalized spacial score (nSPS) is 28.2. The summed E-state index contributed by atoms with van der Waals surface area (Å²) in [5.74, 6) is -0.392. The van der Waals surface area contributed by atoms with Crippen LogP contribution in [0.25, 0.3) is 0 Å². The van der Waals surface area contributed by atoms with Crippen LogP contribution in [0.1, 0.15) is 13.3 Å². The second-order valence-corrected chi connectivity index (χ2v) is 7.33. The highest BCUT2D eigenvalue weighted by Gasteiger charge is 2.47. The molecule has 0 aliphatic carbocycles. The van der Waals surface area contributed by atoms with Crippen LogP contribution in [0.3, 0.4) is 0 Å². The Labute approximate surface area is 132 Å². The molecule has 0 unspecified atom stereocenters. The molecule has 23 heavy (non-hydrogen) atoms. The molecule has 1 amide bonds. The maximum absolute atomic E-state index is 12.8. The molecule has 3 atom stereocenters. The predicted molar refractivity (Wildman–Crippen MR) is 77.9 cm³/mol. The number of hydrogen-bond donors (Lipinski definition) is 1. The molecule has 2 bridgehead atoms. The first-order valence-electron chi connectivity index (χ1n) is 7.03. The third-order valence-corrected chi connectivity index (χ3v) is 5.87. The zero-order valence-electron chi connectivity index (χ0n) is 12.2. The van der Waals surface area contributed by atoms with Gasteiger partial charge >= 0.3 is 0 Å². The van der Waals surface area contributed by atoms with Crippen LogP contribution in [0, 0.1) is 10.1 Å². The summed E-state index contributed by atoms with van der Waals surface area (Å²) in [7, 11) is -3.96. The lowest BCUT2D eigenvalue weighted by Gasteiger charge is -2.34. The van der Waals surface area contributed by atoms with Gasteiger partial charge < -0.3 is 10.1 Å². The molecule has 9 nitrogen and oxygen atoms in total. The van der Waals surface area contributed by atoms with Crippen molar-refractivity contribution in [2.45, 2.75) is 36.6 Å². The Hall–Kier alpha value is -2.04. The number of carbonyl (C=O) groups excluding carboxylic acids is 1. The summed E-state index contributed by atoms with van der Waals surface area (Å²) in [6.07, 6.45) is -0.714. The van der Waals surface area contributed by atoms with E-state index in [0.717, 1.165) is 16.4 Å². The monoisotopic (exact) mass is 341 g/mol. The molecule has 1 N–H and O–H groups in total. The minimum Gasteiger partial charge on any atom is -0.353 e. The molecule has 0 aromatic heterocycles. The maximum Gasteiger partial charge on any atom is 0.269 e. The molecular formula is C13H15N3O6S. The lowest BCUT2D eigenvalue weighted by Crippen LogP contribution is -2.58. The molecule has 0 spiro atoms. The molecule has 3 saturated heterocycles. The molecule has 1 aromatic carbocycles. The van der Waals surface area contributed by atoms with Gasteiger partial charge in [0, 0.05) is 25.1 Å². The Balaban J connectivity index is 1.98. The Morgan fingerprint density at radius 2 is 2.00 bits per heavy atom. The van der Waals surface area contributed by atoms with E-state index in [-0.39, 0.29) is 17.1 Å². The van der Waals surface area contributed by atoms with Gasteiger partial charge in [-0.25, -0.2) is 8.42 Å². The van der Waals surface area contributed by atoms with Crippen LogP contribution < -0.4 is 5.32 Å². The number of sulfonamides is 1. The van der Waals surface area contributed by atoms with E-state index in [1.807, 2.05) is 0 Å². The fraction of sp³-hybridized carbons (Fsp3) is 0.462. The van der Waals surface area contributed by atoms with Crippen molar-refractivity contribution in [3.63, 3.8) is 0 Å². The molecule has 3 fully saturated rings. The van der Waals surface area contributed by atoms with Gasteiger partial charge in [0.1, 0.15) is 12.3 Å². The number of hydrogen-bond acceptors (Lipinski definition) is 6. The maximum atomic E-state index is 12.8. The van der Waals surface area contributed by atoms with E-state index >= 15 is 0 Å². The first kappa shape index (κ1) is 15.8. The molecule has 0 radical (unpaired) electrons. The molecule has 3 aliphatic rings. The highest BCUT2D eigenvalue weighted by molar-refractivity contribution is 7.89. The Morgan fingerprint density at radius 3 is 2.57 bits per heavy atom. The van der Waals surface area contributed by atoms with Gasteiger partial charge in [-0.2, -0.15) is 4.31 Å². The van der Waals surface area contributed by atoms with Crippen LogP contribution in [0.15, 0.2) is 29.2 Å². The van der Waals surface area contributed by atoms with Gasteiger partial charge in [-0.15, -0.1) is 0 Å². The third kappa shape index (κ3) is 2.69. The molecular weight excluding hydrogens is 326 g/mol. The number of carbonyl (C=O) groups is 1. The van der Waals surface area contributed by atoms with Gasteiger partial charge in [-0.1, -0.05) is 0 Å². The number of nitrogens with one attached hydrogen (secondary N) is 1.